The molecule has 0 bridgehead atoms. The van der Waals surface area contributed by atoms with Gasteiger partial charge in [0.2, 0.25) is 26.0 Å². The van der Waals surface area contributed by atoms with E-state index in [1.807, 2.05) is 6.26 Å². The summed E-state index contributed by atoms with van der Waals surface area (Å²) in [7, 11) is -7.79. The van der Waals surface area contributed by atoms with Crippen LogP contribution in [-0.4, -0.2) is 47.0 Å². The van der Waals surface area contributed by atoms with Crippen molar-refractivity contribution in [3.05, 3.63) is 59.9 Å². The van der Waals surface area contributed by atoms with E-state index in [0.29, 0.717) is 17.0 Å². The molecule has 3 N–H and O–H groups in total. The van der Waals surface area contributed by atoms with Gasteiger partial charge in [-0.1, -0.05) is 30.3 Å². The molecule has 1 unspecified atom stereocenters. The van der Waals surface area contributed by atoms with Crippen molar-refractivity contribution >= 4 is 43.4 Å². The molecule has 12 heteroatoms. The van der Waals surface area contributed by atoms with Gasteiger partial charge in [0.1, 0.15) is 16.8 Å². The zero-order valence-electron chi connectivity index (χ0n) is 17.0. The van der Waals surface area contributed by atoms with Gasteiger partial charge in [-0.05, 0) is 42.2 Å². The maximum atomic E-state index is 14.0. The van der Waals surface area contributed by atoms with Gasteiger partial charge >= 0.3 is 0 Å². The van der Waals surface area contributed by atoms with E-state index >= 15 is 0 Å². The van der Waals surface area contributed by atoms with Crippen molar-refractivity contribution in [1.29, 1.82) is 0 Å². The number of anilines is 1. The summed E-state index contributed by atoms with van der Waals surface area (Å²) in [5.74, 6) is -1.03. The van der Waals surface area contributed by atoms with E-state index in [4.69, 9.17) is 0 Å². The number of hydrogen-bond acceptors (Lipinski definition) is 6. The summed E-state index contributed by atoms with van der Waals surface area (Å²) >= 11 is 1.43. The Morgan fingerprint density at radius 1 is 1.06 bits per heavy atom. The predicted octanol–water partition coefficient (Wildman–Crippen LogP) is 1.91. The minimum absolute atomic E-state index is 0.0330. The van der Waals surface area contributed by atoms with Gasteiger partial charge in [-0.25, -0.2) is 21.2 Å². The van der Waals surface area contributed by atoms with Crippen LogP contribution in [0.1, 0.15) is 12.0 Å². The van der Waals surface area contributed by atoms with Crippen LogP contribution in [0.4, 0.5) is 10.1 Å². The Labute approximate surface area is 186 Å². The van der Waals surface area contributed by atoms with Gasteiger partial charge in [0.25, 0.3) is 0 Å². The highest BCUT2D eigenvalue weighted by Gasteiger charge is 2.27. The molecule has 2 rings (SSSR count). The standard InChI is InChI=1S/C19H24FN3O5S3/c1-29-12-11-17(23-31(27,28)18-10-6-4-8-15(18)20)19(24)21-13-14-7-3-5-9-16(14)22-30(2,25)26/h3-10,17,22-23H,11-13H2,1-2H3,(H,21,24). The van der Waals surface area contributed by atoms with E-state index in [0.717, 1.165) is 18.4 Å². The van der Waals surface area contributed by atoms with Crippen LogP contribution in [0.2, 0.25) is 0 Å². The minimum atomic E-state index is -4.27. The highest BCUT2D eigenvalue weighted by molar-refractivity contribution is 7.98. The molecule has 8 nitrogen and oxygen atoms in total. The van der Waals surface area contributed by atoms with Crippen molar-refractivity contribution in [1.82, 2.24) is 10.0 Å². The van der Waals surface area contributed by atoms with E-state index < -0.39 is 42.7 Å². The van der Waals surface area contributed by atoms with Gasteiger partial charge < -0.3 is 5.32 Å². The molecule has 2 aromatic carbocycles. The molecule has 0 aliphatic heterocycles. The second kappa shape index (κ2) is 10.9. The molecule has 31 heavy (non-hydrogen) atoms. The summed E-state index contributed by atoms with van der Waals surface area (Å²) in [6, 6.07) is 10.3. The van der Waals surface area contributed by atoms with Gasteiger partial charge in [0.15, 0.2) is 0 Å². The van der Waals surface area contributed by atoms with Gasteiger partial charge in [-0.15, -0.1) is 0 Å². The molecule has 0 saturated carbocycles. The van der Waals surface area contributed by atoms with Crippen LogP contribution in [0, 0.1) is 5.82 Å². The van der Waals surface area contributed by atoms with E-state index in [-0.39, 0.29) is 13.0 Å². The number of rotatable bonds is 11. The topological polar surface area (TPSA) is 121 Å². The molecule has 170 valence electrons. The molecule has 0 aliphatic carbocycles. The SMILES string of the molecule is CSCCC(NS(=O)(=O)c1ccccc1F)C(=O)NCc1ccccc1NS(C)(=O)=O. The number of para-hydroxylation sites is 1. The van der Waals surface area contributed by atoms with Crippen LogP contribution >= 0.6 is 11.8 Å². The molecule has 0 aromatic heterocycles. The lowest BCUT2D eigenvalue weighted by molar-refractivity contribution is -0.122. The Hall–Kier alpha value is -2.15. The summed E-state index contributed by atoms with van der Waals surface area (Å²) in [5, 5.41) is 2.62. The first-order chi connectivity index (χ1) is 14.5. The number of carbonyl (C=O) groups excluding carboxylic acids is 1. The fraction of sp³-hybridized carbons (Fsp3) is 0.316. The molecule has 0 heterocycles. The van der Waals surface area contributed by atoms with Crippen molar-refractivity contribution < 1.29 is 26.0 Å². The van der Waals surface area contributed by atoms with E-state index in [9.17, 15) is 26.0 Å². The number of nitrogens with one attached hydrogen (secondary N) is 3. The lowest BCUT2D eigenvalue weighted by Crippen LogP contribution is -2.47. The second-order valence-corrected chi connectivity index (χ2v) is 11.1. The van der Waals surface area contributed by atoms with Crippen LogP contribution < -0.4 is 14.8 Å². The van der Waals surface area contributed by atoms with Crippen molar-refractivity contribution in [2.75, 3.05) is 23.0 Å². The smallest absolute Gasteiger partial charge is 0.244 e. The van der Waals surface area contributed by atoms with Gasteiger partial charge in [0, 0.05) is 6.54 Å². The van der Waals surface area contributed by atoms with E-state index in [1.54, 1.807) is 24.3 Å². The number of carbonyl (C=O) groups is 1. The first kappa shape index (κ1) is 25.1. The van der Waals surface area contributed by atoms with Crippen molar-refractivity contribution in [2.24, 2.45) is 0 Å². The average Bonchev–Trinajstić information content (AvgIpc) is 2.69. The van der Waals surface area contributed by atoms with E-state index in [2.05, 4.69) is 14.8 Å². The average molecular weight is 490 g/mol. The van der Waals surface area contributed by atoms with Crippen LogP contribution in [0.5, 0.6) is 0 Å². The zero-order chi connectivity index (χ0) is 23.1. The molecule has 0 saturated heterocycles. The Balaban J connectivity index is 2.17. The normalized spacial score (nSPS) is 12.9. The first-order valence-corrected chi connectivity index (χ1v) is 13.9. The number of sulfonamides is 2. The predicted molar refractivity (Wildman–Crippen MR) is 120 cm³/mol. The maximum Gasteiger partial charge on any atom is 0.244 e. The fourth-order valence-corrected chi connectivity index (χ4v) is 5.05. The fourth-order valence-electron chi connectivity index (χ4n) is 2.67. The Morgan fingerprint density at radius 3 is 2.35 bits per heavy atom. The molecular weight excluding hydrogens is 465 g/mol. The summed E-state index contributed by atoms with van der Waals surface area (Å²) in [6.45, 7) is -0.0330. The van der Waals surface area contributed by atoms with Crippen molar-refractivity contribution in [3.63, 3.8) is 0 Å². The molecule has 1 amide bonds. The number of halogens is 1. The third kappa shape index (κ3) is 7.80. The third-order valence-corrected chi connectivity index (χ3v) is 6.86. The molecule has 0 fully saturated rings. The largest absolute Gasteiger partial charge is 0.351 e. The molecular formula is C19H24FN3O5S3. The van der Waals surface area contributed by atoms with Crippen LogP contribution in [0.15, 0.2) is 53.4 Å². The lowest BCUT2D eigenvalue weighted by atomic mass is 10.1. The van der Waals surface area contributed by atoms with Crippen LogP contribution in [0.3, 0.4) is 0 Å². The van der Waals surface area contributed by atoms with Crippen LogP contribution in [0.25, 0.3) is 0 Å². The minimum Gasteiger partial charge on any atom is -0.351 e. The number of hydrogen-bond donors (Lipinski definition) is 3. The first-order valence-electron chi connectivity index (χ1n) is 9.12. The molecule has 1 atom stereocenters. The molecule has 2 aromatic rings. The monoisotopic (exact) mass is 489 g/mol. The Bertz CT molecular complexity index is 1120. The van der Waals surface area contributed by atoms with Crippen molar-refractivity contribution in [2.45, 2.75) is 23.9 Å². The molecule has 0 radical (unpaired) electrons. The molecule has 0 spiro atoms. The number of thioether (sulfide) groups is 1. The molecule has 0 aliphatic rings. The summed E-state index contributed by atoms with van der Waals surface area (Å²) in [4.78, 5) is 12.2. The Kier molecular flexibility index (Phi) is 8.86. The quantitative estimate of drug-likeness (QED) is 0.443. The van der Waals surface area contributed by atoms with Crippen LogP contribution in [-0.2, 0) is 31.4 Å². The van der Waals surface area contributed by atoms with Gasteiger partial charge in [-0.2, -0.15) is 16.5 Å². The van der Waals surface area contributed by atoms with E-state index in [1.165, 1.54) is 23.9 Å². The number of amides is 1. The van der Waals surface area contributed by atoms with Crippen molar-refractivity contribution in [3.8, 4) is 0 Å². The highest BCUT2D eigenvalue weighted by Crippen LogP contribution is 2.17. The third-order valence-electron chi connectivity index (χ3n) is 4.12. The number of benzene rings is 2. The van der Waals surface area contributed by atoms with Gasteiger partial charge in [-0.3, -0.25) is 9.52 Å². The summed E-state index contributed by atoms with van der Waals surface area (Å²) in [6.07, 6.45) is 3.01. The summed E-state index contributed by atoms with van der Waals surface area (Å²) in [5.41, 5.74) is 0.805. The second-order valence-electron chi connectivity index (χ2n) is 6.63. The zero-order valence-corrected chi connectivity index (χ0v) is 19.4. The lowest BCUT2D eigenvalue weighted by Gasteiger charge is -2.19. The Morgan fingerprint density at radius 2 is 1.71 bits per heavy atom. The van der Waals surface area contributed by atoms with Gasteiger partial charge in [0.05, 0.1) is 11.9 Å². The maximum absolute atomic E-state index is 14.0. The highest BCUT2D eigenvalue weighted by atomic mass is 32.2. The summed E-state index contributed by atoms with van der Waals surface area (Å²) < 4.78 is 66.9.